The highest BCUT2D eigenvalue weighted by atomic mass is 19.1. The Morgan fingerprint density at radius 2 is 2.25 bits per heavy atom. The summed E-state index contributed by atoms with van der Waals surface area (Å²) in [5.41, 5.74) is 5.72. The van der Waals surface area contributed by atoms with Crippen molar-refractivity contribution in [3.8, 4) is 0 Å². The number of nitrogens with zero attached hydrogens (tertiary/aromatic N) is 3. The lowest BCUT2D eigenvalue weighted by molar-refractivity contribution is -0.396. The van der Waals surface area contributed by atoms with Crippen LogP contribution in [0.3, 0.4) is 0 Å². The number of carbonyl (C=O) groups excluding carboxylic acids is 1. The van der Waals surface area contributed by atoms with Gasteiger partial charge in [0.05, 0.1) is 25.6 Å². The van der Waals surface area contributed by atoms with E-state index < -0.39 is 41.9 Å². The smallest absolute Gasteiger partial charge is 0.434 e. The van der Waals surface area contributed by atoms with E-state index in [0.29, 0.717) is 0 Å². The number of nitrogens with two attached hydrogens (primary N) is 1. The molecule has 1 rings (SSSR count). The van der Waals surface area contributed by atoms with Gasteiger partial charge in [-0.15, -0.1) is 0 Å². The largest absolute Gasteiger partial charge is 0.481 e. The van der Waals surface area contributed by atoms with Crippen molar-refractivity contribution in [1.82, 2.24) is 14.9 Å². The predicted molar refractivity (Wildman–Crippen MR) is 80.8 cm³/mol. The van der Waals surface area contributed by atoms with Gasteiger partial charge < -0.3 is 26.3 Å². The molecule has 0 aliphatic rings. The first-order valence-corrected chi connectivity index (χ1v) is 7.33. The second-order valence-corrected chi connectivity index (χ2v) is 5.17. The summed E-state index contributed by atoms with van der Waals surface area (Å²) >= 11 is 0. The van der Waals surface area contributed by atoms with E-state index in [1.54, 1.807) is 0 Å². The Kier molecular flexibility index (Phi) is 7.75. The zero-order valence-corrected chi connectivity index (χ0v) is 12.9. The molecule has 2 atom stereocenters. The van der Waals surface area contributed by atoms with Gasteiger partial charge in [0.25, 0.3) is 0 Å². The maximum Gasteiger partial charge on any atom is 0.434 e. The van der Waals surface area contributed by atoms with E-state index >= 15 is 0 Å². The number of amides is 1. The summed E-state index contributed by atoms with van der Waals surface area (Å²) in [5, 5.41) is 22.0. The fraction of sp³-hybridized carbons (Fsp3) is 0.615. The van der Waals surface area contributed by atoms with Crippen LogP contribution in [0, 0.1) is 16.0 Å². The summed E-state index contributed by atoms with van der Waals surface area (Å²) in [6.07, 6.45) is 2.49. The Morgan fingerprint density at radius 3 is 2.83 bits per heavy atom. The minimum absolute atomic E-state index is 0.0714. The topological polar surface area (TPSA) is 153 Å². The van der Waals surface area contributed by atoms with Crippen LogP contribution in [0.2, 0.25) is 0 Å². The van der Waals surface area contributed by atoms with Gasteiger partial charge in [0.2, 0.25) is 5.91 Å². The summed E-state index contributed by atoms with van der Waals surface area (Å²) < 4.78 is 13.6. The van der Waals surface area contributed by atoms with Crippen LogP contribution in [0.1, 0.15) is 19.3 Å². The molecular formula is C13H20FN5O5. The van der Waals surface area contributed by atoms with Gasteiger partial charge in [-0.2, -0.15) is 0 Å². The highest BCUT2D eigenvalue weighted by molar-refractivity contribution is 5.80. The average molecular weight is 345 g/mol. The Morgan fingerprint density at radius 1 is 1.54 bits per heavy atom. The number of carbonyl (C=O) groups is 2. The molecule has 0 fully saturated rings. The number of imidazole rings is 1. The molecule has 0 saturated carbocycles. The molecule has 0 saturated heterocycles. The molecule has 1 heterocycles. The molecule has 24 heavy (non-hydrogen) atoms. The predicted octanol–water partition coefficient (Wildman–Crippen LogP) is 0.0754. The number of nitro groups is 1. The van der Waals surface area contributed by atoms with E-state index in [1.807, 2.05) is 0 Å². The SMILES string of the molecule is NC(CC(=O)O)C(CCCF)C(=O)NCCn1ccnc1[N+](=O)[O-]. The van der Waals surface area contributed by atoms with Crippen LogP contribution in [0.15, 0.2) is 12.4 Å². The van der Waals surface area contributed by atoms with Crippen molar-refractivity contribution < 1.29 is 24.0 Å². The number of halogens is 1. The molecule has 1 amide bonds. The first-order chi connectivity index (χ1) is 11.4. The molecule has 1 aromatic heterocycles. The lowest BCUT2D eigenvalue weighted by atomic mass is 9.92. The van der Waals surface area contributed by atoms with E-state index in [-0.39, 0.29) is 31.9 Å². The van der Waals surface area contributed by atoms with Gasteiger partial charge in [-0.3, -0.25) is 14.0 Å². The van der Waals surface area contributed by atoms with Gasteiger partial charge in [-0.1, -0.05) is 4.98 Å². The second kappa shape index (κ2) is 9.55. The molecule has 134 valence electrons. The normalized spacial score (nSPS) is 13.2. The molecule has 1 aromatic rings. The minimum Gasteiger partial charge on any atom is -0.481 e. The van der Waals surface area contributed by atoms with Crippen molar-refractivity contribution >= 4 is 17.8 Å². The Hall–Kier alpha value is -2.56. The summed E-state index contributed by atoms with van der Waals surface area (Å²) in [5.74, 6) is -2.83. The average Bonchev–Trinajstić information content (AvgIpc) is 2.95. The molecule has 0 aliphatic carbocycles. The number of hydrogen-bond acceptors (Lipinski definition) is 6. The highest BCUT2D eigenvalue weighted by Gasteiger charge is 2.27. The number of carboxylic acids is 1. The first kappa shape index (κ1) is 19.5. The molecule has 4 N–H and O–H groups in total. The van der Waals surface area contributed by atoms with Gasteiger partial charge in [0.15, 0.2) is 0 Å². The number of alkyl halides is 1. The fourth-order valence-electron chi connectivity index (χ4n) is 2.26. The van der Waals surface area contributed by atoms with Gasteiger partial charge in [-0.05, 0) is 17.8 Å². The van der Waals surface area contributed by atoms with Crippen LogP contribution in [-0.4, -0.2) is 50.7 Å². The molecule has 0 aliphatic heterocycles. The maximum atomic E-state index is 12.3. The zero-order valence-electron chi connectivity index (χ0n) is 12.9. The Bertz CT molecular complexity index is 579. The molecule has 0 radical (unpaired) electrons. The molecule has 10 nitrogen and oxygen atoms in total. The molecule has 0 spiro atoms. The Labute approximate surface area is 137 Å². The number of aliphatic carboxylic acids is 1. The number of carboxylic acid groups (broad SMARTS) is 1. The highest BCUT2D eigenvalue weighted by Crippen LogP contribution is 2.14. The van der Waals surface area contributed by atoms with Gasteiger partial charge in [0.1, 0.15) is 12.4 Å². The van der Waals surface area contributed by atoms with Crippen molar-refractivity contribution in [2.75, 3.05) is 13.2 Å². The van der Waals surface area contributed by atoms with E-state index in [4.69, 9.17) is 10.8 Å². The molecule has 0 bridgehead atoms. The quantitative estimate of drug-likeness (QED) is 0.379. The second-order valence-electron chi connectivity index (χ2n) is 5.17. The van der Waals surface area contributed by atoms with Crippen molar-refractivity contribution in [3.63, 3.8) is 0 Å². The summed E-state index contributed by atoms with van der Waals surface area (Å²) in [6.45, 7) is -0.446. The number of nitrogens with one attached hydrogen (secondary N) is 1. The number of hydrogen-bond donors (Lipinski definition) is 3. The summed E-state index contributed by atoms with van der Waals surface area (Å²) in [4.78, 5) is 36.5. The molecule has 2 unspecified atom stereocenters. The van der Waals surface area contributed by atoms with E-state index in [0.717, 1.165) is 0 Å². The third-order valence-electron chi connectivity index (χ3n) is 3.42. The molecular weight excluding hydrogens is 325 g/mol. The van der Waals surface area contributed by atoms with Crippen molar-refractivity contribution in [2.24, 2.45) is 11.7 Å². The van der Waals surface area contributed by atoms with E-state index in [1.165, 1.54) is 17.0 Å². The first-order valence-electron chi connectivity index (χ1n) is 7.33. The van der Waals surface area contributed by atoms with E-state index in [2.05, 4.69) is 10.3 Å². The van der Waals surface area contributed by atoms with Crippen molar-refractivity contribution in [1.29, 1.82) is 0 Å². The van der Waals surface area contributed by atoms with E-state index in [9.17, 15) is 24.1 Å². The number of rotatable bonds is 11. The molecule has 11 heteroatoms. The van der Waals surface area contributed by atoms with Gasteiger partial charge >= 0.3 is 11.9 Å². The van der Waals surface area contributed by atoms with Gasteiger partial charge in [-0.25, -0.2) is 4.57 Å². The standard InChI is InChI=1S/C13H20FN5O5/c14-3-1-2-9(10(15)8-11(20)21)12(22)16-4-6-18-7-5-17-13(18)19(23)24/h5,7,9-10H,1-4,6,8,15H2,(H,16,22)(H,20,21). The third kappa shape index (κ3) is 5.91. The van der Waals surface area contributed by atoms with Crippen LogP contribution in [0.4, 0.5) is 10.3 Å². The zero-order chi connectivity index (χ0) is 18.1. The van der Waals surface area contributed by atoms with Crippen LogP contribution < -0.4 is 11.1 Å². The molecule has 0 aromatic carbocycles. The van der Waals surface area contributed by atoms with Crippen molar-refractivity contribution in [3.05, 3.63) is 22.5 Å². The fourth-order valence-corrected chi connectivity index (χ4v) is 2.26. The van der Waals surface area contributed by atoms with Crippen LogP contribution >= 0.6 is 0 Å². The lowest BCUT2D eigenvalue weighted by Crippen LogP contribution is -2.43. The van der Waals surface area contributed by atoms with Crippen LogP contribution in [-0.2, 0) is 16.1 Å². The maximum absolute atomic E-state index is 12.3. The summed E-state index contributed by atoms with van der Waals surface area (Å²) in [7, 11) is 0. The number of aromatic nitrogens is 2. The van der Waals surface area contributed by atoms with Crippen molar-refractivity contribution in [2.45, 2.75) is 31.8 Å². The van der Waals surface area contributed by atoms with Crippen LogP contribution in [0.25, 0.3) is 0 Å². The monoisotopic (exact) mass is 345 g/mol. The third-order valence-corrected chi connectivity index (χ3v) is 3.42. The minimum atomic E-state index is -1.14. The lowest BCUT2D eigenvalue weighted by Gasteiger charge is -2.21. The summed E-state index contributed by atoms with van der Waals surface area (Å²) in [6, 6.07) is -0.934. The van der Waals surface area contributed by atoms with Gasteiger partial charge in [0, 0.05) is 12.6 Å². The van der Waals surface area contributed by atoms with Crippen LogP contribution in [0.5, 0.6) is 0 Å². The Balaban J connectivity index is 2.59.